The number of aromatic nitrogens is 3. The van der Waals surface area contributed by atoms with Gasteiger partial charge < -0.3 is 5.32 Å². The molecular weight excluding hydrogens is 399 g/mol. The Kier molecular flexibility index (Phi) is 5.06. The molecular formula is C23H23FN4OS. The smallest absolute Gasteiger partial charge is 0.237 e. The van der Waals surface area contributed by atoms with Crippen molar-refractivity contribution in [1.29, 1.82) is 0 Å². The van der Waals surface area contributed by atoms with Crippen molar-refractivity contribution < 1.29 is 9.18 Å². The van der Waals surface area contributed by atoms with E-state index < -0.39 is 0 Å². The number of benzene rings is 2. The molecule has 5 rings (SSSR count). The summed E-state index contributed by atoms with van der Waals surface area (Å²) in [5, 5.41) is 11.9. The summed E-state index contributed by atoms with van der Waals surface area (Å²) in [6.45, 7) is 1.86. The summed E-state index contributed by atoms with van der Waals surface area (Å²) < 4.78 is 16.3. The molecule has 0 spiro atoms. The maximum Gasteiger partial charge on any atom is 0.237 e. The predicted molar refractivity (Wildman–Crippen MR) is 116 cm³/mol. The second kappa shape index (κ2) is 7.87. The summed E-state index contributed by atoms with van der Waals surface area (Å²) >= 11 is 1.37. The Hall–Kier alpha value is -2.67. The molecule has 30 heavy (non-hydrogen) atoms. The van der Waals surface area contributed by atoms with Gasteiger partial charge in [-0.3, -0.25) is 9.36 Å². The number of carbonyl (C=O) groups is 1. The summed E-state index contributed by atoms with van der Waals surface area (Å²) in [7, 11) is 0. The Morgan fingerprint density at radius 2 is 1.97 bits per heavy atom. The molecule has 154 valence electrons. The molecule has 1 fully saturated rings. The summed E-state index contributed by atoms with van der Waals surface area (Å²) in [5.74, 6) is 0.144. The van der Waals surface area contributed by atoms with Crippen LogP contribution >= 0.6 is 11.8 Å². The van der Waals surface area contributed by atoms with Crippen LogP contribution in [0.25, 0.3) is 11.4 Å². The van der Waals surface area contributed by atoms with Gasteiger partial charge in [0.15, 0.2) is 11.0 Å². The topological polar surface area (TPSA) is 59.8 Å². The number of anilines is 1. The number of amides is 1. The largest absolute Gasteiger partial charge is 0.325 e. The molecule has 0 bridgehead atoms. The highest BCUT2D eigenvalue weighted by Crippen LogP contribution is 2.42. The van der Waals surface area contributed by atoms with E-state index in [4.69, 9.17) is 0 Å². The average Bonchev–Trinajstić information content (AvgIpc) is 3.32. The summed E-state index contributed by atoms with van der Waals surface area (Å²) in [5.41, 5.74) is 3.99. The molecule has 1 amide bonds. The molecule has 0 aliphatic heterocycles. The third kappa shape index (κ3) is 3.74. The number of nitrogens with zero attached hydrogens (tertiary/aromatic N) is 3. The van der Waals surface area contributed by atoms with E-state index in [2.05, 4.69) is 27.6 Å². The van der Waals surface area contributed by atoms with Crippen molar-refractivity contribution in [2.24, 2.45) is 0 Å². The molecule has 1 atom stereocenters. The van der Waals surface area contributed by atoms with E-state index in [9.17, 15) is 9.18 Å². The van der Waals surface area contributed by atoms with Crippen LogP contribution in [0, 0.1) is 5.82 Å². The van der Waals surface area contributed by atoms with Crippen LogP contribution in [0.1, 0.15) is 43.4 Å². The average molecular weight is 423 g/mol. The van der Waals surface area contributed by atoms with Crippen molar-refractivity contribution in [1.82, 2.24) is 14.8 Å². The number of aryl methyl sites for hydroxylation is 2. The van der Waals surface area contributed by atoms with Gasteiger partial charge in [0.05, 0.1) is 10.8 Å². The lowest BCUT2D eigenvalue weighted by molar-refractivity contribution is -0.115. The highest BCUT2D eigenvalue weighted by atomic mass is 32.2. The Morgan fingerprint density at radius 1 is 1.17 bits per heavy atom. The van der Waals surface area contributed by atoms with Crippen molar-refractivity contribution in [3.05, 3.63) is 59.4 Å². The molecule has 2 aliphatic carbocycles. The fourth-order valence-corrected chi connectivity index (χ4v) is 4.87. The first-order valence-corrected chi connectivity index (χ1v) is 11.3. The minimum atomic E-state index is -0.353. The first kappa shape index (κ1) is 19.3. The van der Waals surface area contributed by atoms with Crippen LogP contribution in [-0.4, -0.2) is 25.9 Å². The predicted octanol–water partition coefficient (Wildman–Crippen LogP) is 5.03. The second-order valence-electron chi connectivity index (χ2n) is 7.97. The molecule has 0 radical (unpaired) electrons. The van der Waals surface area contributed by atoms with E-state index in [-0.39, 0.29) is 23.0 Å². The first-order chi connectivity index (χ1) is 14.6. The molecule has 7 heteroatoms. The van der Waals surface area contributed by atoms with Crippen molar-refractivity contribution >= 4 is 23.4 Å². The lowest BCUT2D eigenvalue weighted by Gasteiger charge is -2.14. The Balaban J connectivity index is 1.34. The second-order valence-corrected chi connectivity index (χ2v) is 9.28. The van der Waals surface area contributed by atoms with Crippen LogP contribution < -0.4 is 5.32 Å². The van der Waals surface area contributed by atoms with Gasteiger partial charge in [-0.15, -0.1) is 10.2 Å². The van der Waals surface area contributed by atoms with E-state index in [1.54, 1.807) is 18.2 Å². The first-order valence-electron chi connectivity index (χ1n) is 10.4. The van der Waals surface area contributed by atoms with E-state index in [0.717, 1.165) is 31.4 Å². The maximum absolute atomic E-state index is 14.3. The molecule has 1 saturated carbocycles. The maximum atomic E-state index is 14.3. The number of nitrogens with one attached hydrogen (secondary N) is 1. The highest BCUT2D eigenvalue weighted by molar-refractivity contribution is 8.00. The molecule has 5 nitrogen and oxygen atoms in total. The van der Waals surface area contributed by atoms with Crippen LogP contribution in [-0.2, 0) is 17.6 Å². The van der Waals surface area contributed by atoms with Crippen molar-refractivity contribution in [3.8, 4) is 11.4 Å². The van der Waals surface area contributed by atoms with Crippen molar-refractivity contribution in [3.63, 3.8) is 0 Å². The van der Waals surface area contributed by atoms with Crippen LogP contribution in [0.2, 0.25) is 0 Å². The zero-order chi connectivity index (χ0) is 20.7. The monoisotopic (exact) mass is 422 g/mol. The highest BCUT2D eigenvalue weighted by Gasteiger charge is 2.32. The van der Waals surface area contributed by atoms with Gasteiger partial charge >= 0.3 is 0 Å². The number of fused-ring (bicyclic) bond motifs is 1. The molecule has 1 heterocycles. The molecule has 2 aromatic carbocycles. The van der Waals surface area contributed by atoms with E-state index in [1.807, 2.05) is 17.6 Å². The molecule has 1 aromatic heterocycles. The quantitative estimate of drug-likeness (QED) is 0.566. The molecule has 2 aliphatic rings. The standard InChI is InChI=1S/C23H23FN4OS/c1-14(22(29)25-17-10-9-15-5-4-6-16(15)13-17)30-23-27-26-21(28(23)18-11-12-18)19-7-2-3-8-20(19)24/h2-3,7-10,13-14,18H,4-6,11-12H2,1H3,(H,25,29)/t14-/m1/s1. The van der Waals surface area contributed by atoms with Gasteiger partial charge in [-0.25, -0.2) is 4.39 Å². The minimum Gasteiger partial charge on any atom is -0.325 e. The fourth-order valence-electron chi connectivity index (χ4n) is 3.95. The van der Waals surface area contributed by atoms with Gasteiger partial charge in [0.2, 0.25) is 5.91 Å². The minimum absolute atomic E-state index is 0.0734. The van der Waals surface area contributed by atoms with Crippen LogP contribution in [0.15, 0.2) is 47.6 Å². The summed E-state index contributed by atoms with van der Waals surface area (Å²) in [6, 6.07) is 13.0. The van der Waals surface area contributed by atoms with E-state index >= 15 is 0 Å². The van der Waals surface area contributed by atoms with Crippen LogP contribution in [0.5, 0.6) is 0 Å². The van der Waals surface area contributed by atoms with Gasteiger partial charge in [0, 0.05) is 11.7 Å². The van der Waals surface area contributed by atoms with Gasteiger partial charge in [-0.2, -0.15) is 0 Å². The number of halogens is 1. The SMILES string of the molecule is C[C@@H](Sc1nnc(-c2ccccc2F)n1C1CC1)C(=O)Nc1ccc2c(c1)CCC2. The van der Waals surface area contributed by atoms with E-state index in [1.165, 1.54) is 35.4 Å². The normalized spacial score (nSPS) is 16.3. The number of hydrogen-bond donors (Lipinski definition) is 1. The van der Waals surface area contributed by atoms with Crippen LogP contribution in [0.3, 0.4) is 0 Å². The van der Waals surface area contributed by atoms with Crippen LogP contribution in [0.4, 0.5) is 10.1 Å². The van der Waals surface area contributed by atoms with Crippen molar-refractivity contribution in [2.75, 3.05) is 5.32 Å². The number of thioether (sulfide) groups is 1. The van der Waals surface area contributed by atoms with Gasteiger partial charge in [0.25, 0.3) is 0 Å². The number of rotatable bonds is 6. The number of hydrogen-bond acceptors (Lipinski definition) is 4. The Morgan fingerprint density at radius 3 is 2.77 bits per heavy atom. The van der Waals surface area contributed by atoms with E-state index in [0.29, 0.717) is 16.5 Å². The van der Waals surface area contributed by atoms with Gasteiger partial charge in [0.1, 0.15) is 5.82 Å². The lowest BCUT2D eigenvalue weighted by atomic mass is 10.1. The lowest BCUT2D eigenvalue weighted by Crippen LogP contribution is -2.23. The van der Waals surface area contributed by atoms with Gasteiger partial charge in [-0.05, 0) is 74.4 Å². The third-order valence-corrected chi connectivity index (χ3v) is 6.77. The molecule has 0 saturated heterocycles. The third-order valence-electron chi connectivity index (χ3n) is 5.71. The molecule has 0 unspecified atom stereocenters. The number of carbonyl (C=O) groups excluding carboxylic acids is 1. The molecule has 1 N–H and O–H groups in total. The molecule has 3 aromatic rings. The zero-order valence-corrected chi connectivity index (χ0v) is 17.6. The summed E-state index contributed by atoms with van der Waals surface area (Å²) in [4.78, 5) is 12.8. The fraction of sp³-hybridized carbons (Fsp3) is 0.348. The Bertz CT molecular complexity index is 1110. The van der Waals surface area contributed by atoms with Crippen molar-refractivity contribution in [2.45, 2.75) is 55.5 Å². The summed E-state index contributed by atoms with van der Waals surface area (Å²) in [6.07, 6.45) is 5.41. The zero-order valence-electron chi connectivity index (χ0n) is 16.8. The van der Waals surface area contributed by atoms with Gasteiger partial charge in [-0.1, -0.05) is 30.0 Å². The Labute approximate surface area is 179 Å².